The molecule has 49 heavy (non-hydrogen) atoms. The molecule has 0 aliphatic carbocycles. The highest BCUT2D eigenvalue weighted by molar-refractivity contribution is 5.70. The summed E-state index contributed by atoms with van der Waals surface area (Å²) in [6, 6.07) is -0.727. The number of hydrogen-bond acceptors (Lipinski definition) is 7. The Morgan fingerprint density at radius 3 is 1.55 bits per heavy atom. The molecule has 0 N–H and O–H groups in total. The van der Waals surface area contributed by atoms with Crippen LogP contribution in [0.1, 0.15) is 168 Å². The number of nitrogens with zero attached hydrogens (tertiary/aromatic N) is 1. The molecule has 0 aromatic heterocycles. The molecule has 0 spiro atoms. The predicted octanol–water partition coefficient (Wildman–Crippen LogP) is 8.80. The molecule has 8 heteroatoms. The standard InChI is InChI=1S/C41H75NO7/c1-6-8-10-12-14-16-17-18-19-20-21-22-24-26-28-30-32-40(44)49-37(35-47-34-33-38(41(45)46)42(3,4)5)36-48-39(43)31-29-27-25-23-15-13-11-9-7-2/h19-20,23,25,37-38H,6-18,21-22,24,26-36H2,1-5H3/b20-19+,25-23+. The summed E-state index contributed by atoms with van der Waals surface area (Å²) in [7, 11) is 5.39. The summed E-state index contributed by atoms with van der Waals surface area (Å²) < 4.78 is 17.0. The quantitative estimate of drug-likeness (QED) is 0.0283. The molecular weight excluding hydrogens is 618 g/mol. The van der Waals surface area contributed by atoms with Gasteiger partial charge in [-0.15, -0.1) is 0 Å². The van der Waals surface area contributed by atoms with Gasteiger partial charge < -0.3 is 28.6 Å². The number of carboxylic acid groups (broad SMARTS) is 1. The van der Waals surface area contributed by atoms with Gasteiger partial charge in [0.05, 0.1) is 40.3 Å². The van der Waals surface area contributed by atoms with Gasteiger partial charge in [-0.2, -0.15) is 0 Å². The molecule has 0 bridgehead atoms. The molecule has 286 valence electrons. The van der Waals surface area contributed by atoms with Crippen molar-refractivity contribution in [2.45, 2.75) is 180 Å². The zero-order valence-electron chi connectivity index (χ0n) is 32.4. The molecule has 0 radical (unpaired) electrons. The van der Waals surface area contributed by atoms with E-state index in [1.54, 1.807) is 21.1 Å². The molecule has 0 aliphatic rings. The molecule has 0 aromatic rings. The number of unbranched alkanes of at least 4 members (excludes halogenated alkanes) is 17. The summed E-state index contributed by atoms with van der Waals surface area (Å²) >= 11 is 0. The summed E-state index contributed by atoms with van der Waals surface area (Å²) in [6.07, 6.45) is 33.5. The maximum Gasteiger partial charge on any atom is 0.306 e. The Bertz CT molecular complexity index is 864. The van der Waals surface area contributed by atoms with Crippen LogP contribution in [0, 0.1) is 0 Å². The van der Waals surface area contributed by atoms with Crippen LogP contribution < -0.4 is 5.11 Å². The van der Waals surface area contributed by atoms with Gasteiger partial charge in [-0.3, -0.25) is 9.59 Å². The van der Waals surface area contributed by atoms with E-state index in [0.29, 0.717) is 19.3 Å². The van der Waals surface area contributed by atoms with Crippen LogP contribution in [-0.4, -0.2) is 75.5 Å². The number of carbonyl (C=O) groups excluding carboxylic acids is 3. The maximum absolute atomic E-state index is 12.6. The molecule has 0 saturated heterocycles. The van der Waals surface area contributed by atoms with Crippen molar-refractivity contribution in [1.82, 2.24) is 0 Å². The number of ether oxygens (including phenoxy) is 3. The molecule has 0 heterocycles. The Labute approximate surface area is 301 Å². The number of allylic oxidation sites excluding steroid dienone is 4. The molecule has 8 nitrogen and oxygen atoms in total. The molecule has 0 aromatic carbocycles. The average Bonchev–Trinajstić information content (AvgIpc) is 3.05. The number of carbonyl (C=O) groups is 3. The van der Waals surface area contributed by atoms with Crippen molar-refractivity contribution in [3.63, 3.8) is 0 Å². The van der Waals surface area contributed by atoms with Crippen LogP contribution in [-0.2, 0) is 28.6 Å². The van der Waals surface area contributed by atoms with E-state index in [1.807, 2.05) is 0 Å². The van der Waals surface area contributed by atoms with Gasteiger partial charge in [0.25, 0.3) is 0 Å². The Morgan fingerprint density at radius 2 is 1.04 bits per heavy atom. The van der Waals surface area contributed by atoms with E-state index in [1.165, 1.54) is 83.5 Å². The lowest BCUT2D eigenvalue weighted by molar-refractivity contribution is -0.889. The largest absolute Gasteiger partial charge is 0.544 e. The van der Waals surface area contributed by atoms with Gasteiger partial charge >= 0.3 is 11.9 Å². The summed E-state index contributed by atoms with van der Waals surface area (Å²) in [5, 5.41) is 11.6. The second-order valence-electron chi connectivity index (χ2n) is 14.5. The lowest BCUT2D eigenvalue weighted by atomic mass is 10.1. The van der Waals surface area contributed by atoms with Crippen molar-refractivity contribution >= 4 is 17.9 Å². The van der Waals surface area contributed by atoms with Gasteiger partial charge in [0.15, 0.2) is 6.10 Å². The summed E-state index contributed by atoms with van der Waals surface area (Å²) in [6.45, 7) is 4.58. The first kappa shape index (κ1) is 46.8. The molecule has 2 unspecified atom stereocenters. The van der Waals surface area contributed by atoms with E-state index in [9.17, 15) is 19.5 Å². The highest BCUT2D eigenvalue weighted by Gasteiger charge is 2.25. The fourth-order valence-corrected chi connectivity index (χ4v) is 5.66. The zero-order chi connectivity index (χ0) is 36.4. The molecular formula is C41H75NO7. The minimum atomic E-state index is -1.13. The average molecular weight is 694 g/mol. The fourth-order valence-electron chi connectivity index (χ4n) is 5.66. The second kappa shape index (κ2) is 33.0. The lowest BCUT2D eigenvalue weighted by Gasteiger charge is -2.34. The highest BCUT2D eigenvalue weighted by atomic mass is 16.6. The van der Waals surface area contributed by atoms with Crippen molar-refractivity contribution < 1.29 is 38.2 Å². The molecule has 0 aliphatic heterocycles. The van der Waals surface area contributed by atoms with Crippen LogP contribution in [0.15, 0.2) is 24.3 Å². The van der Waals surface area contributed by atoms with Crippen molar-refractivity contribution in [3.8, 4) is 0 Å². The maximum atomic E-state index is 12.6. The SMILES string of the molecule is CCCCCC/C=C/CCCC(=O)OCC(COCCC(C(=O)[O-])[N+](C)(C)C)OC(=O)CCCCCCC/C=C/CCCCCCCCC. The first-order valence-corrected chi connectivity index (χ1v) is 19.9. The molecule has 0 saturated carbocycles. The number of rotatable bonds is 35. The van der Waals surface area contributed by atoms with Gasteiger partial charge in [0.2, 0.25) is 0 Å². The highest BCUT2D eigenvalue weighted by Crippen LogP contribution is 2.13. The fraction of sp³-hybridized carbons (Fsp3) is 0.829. The van der Waals surface area contributed by atoms with Crippen molar-refractivity contribution in [2.75, 3.05) is 41.0 Å². The Hall–Kier alpha value is -2.19. The summed E-state index contributed by atoms with van der Waals surface area (Å²) in [5.74, 6) is -1.79. The first-order chi connectivity index (χ1) is 23.6. The van der Waals surface area contributed by atoms with Crippen LogP contribution in [0.2, 0.25) is 0 Å². The Balaban J connectivity index is 4.40. The number of hydrogen-bond donors (Lipinski definition) is 0. The summed E-state index contributed by atoms with van der Waals surface area (Å²) in [5.41, 5.74) is 0. The van der Waals surface area contributed by atoms with Crippen molar-refractivity contribution in [2.24, 2.45) is 0 Å². The predicted molar refractivity (Wildman–Crippen MR) is 199 cm³/mol. The number of esters is 2. The van der Waals surface area contributed by atoms with Crippen LogP contribution in [0.5, 0.6) is 0 Å². The van der Waals surface area contributed by atoms with Crippen LogP contribution >= 0.6 is 0 Å². The normalized spacial score (nSPS) is 13.2. The summed E-state index contributed by atoms with van der Waals surface area (Å²) in [4.78, 5) is 36.6. The van der Waals surface area contributed by atoms with E-state index in [-0.39, 0.29) is 42.7 Å². The molecule has 0 fully saturated rings. The van der Waals surface area contributed by atoms with Gasteiger partial charge in [0.1, 0.15) is 12.6 Å². The molecule has 2 atom stereocenters. The Morgan fingerprint density at radius 1 is 0.592 bits per heavy atom. The van der Waals surface area contributed by atoms with E-state index in [0.717, 1.165) is 44.9 Å². The zero-order valence-corrected chi connectivity index (χ0v) is 32.4. The van der Waals surface area contributed by atoms with Gasteiger partial charge in [-0.05, 0) is 57.8 Å². The van der Waals surface area contributed by atoms with Gasteiger partial charge in [0, 0.05) is 19.3 Å². The third-order valence-electron chi connectivity index (χ3n) is 8.81. The monoisotopic (exact) mass is 694 g/mol. The topological polar surface area (TPSA) is 102 Å². The first-order valence-electron chi connectivity index (χ1n) is 19.9. The third kappa shape index (κ3) is 31.5. The number of quaternary nitrogens is 1. The van der Waals surface area contributed by atoms with Crippen LogP contribution in [0.4, 0.5) is 0 Å². The van der Waals surface area contributed by atoms with E-state index in [2.05, 4.69) is 38.2 Å². The van der Waals surface area contributed by atoms with Crippen molar-refractivity contribution in [3.05, 3.63) is 24.3 Å². The Kier molecular flexibility index (Phi) is 31.5. The van der Waals surface area contributed by atoms with Crippen molar-refractivity contribution in [1.29, 1.82) is 0 Å². The number of aliphatic carboxylic acids is 1. The minimum absolute atomic E-state index is 0.0309. The van der Waals surface area contributed by atoms with Crippen LogP contribution in [0.25, 0.3) is 0 Å². The number of likely N-dealkylation sites (N-methyl/N-ethyl adjacent to an activating group) is 1. The minimum Gasteiger partial charge on any atom is -0.544 e. The van der Waals surface area contributed by atoms with E-state index >= 15 is 0 Å². The second-order valence-corrected chi connectivity index (χ2v) is 14.5. The molecule has 0 amide bonds. The third-order valence-corrected chi connectivity index (χ3v) is 8.81. The van der Waals surface area contributed by atoms with Crippen LogP contribution in [0.3, 0.4) is 0 Å². The van der Waals surface area contributed by atoms with E-state index < -0.39 is 18.1 Å². The van der Waals surface area contributed by atoms with Gasteiger partial charge in [-0.25, -0.2) is 0 Å². The van der Waals surface area contributed by atoms with E-state index in [4.69, 9.17) is 14.2 Å². The smallest absolute Gasteiger partial charge is 0.306 e. The van der Waals surface area contributed by atoms with Gasteiger partial charge in [-0.1, -0.05) is 115 Å². The lowest BCUT2D eigenvalue weighted by Crippen LogP contribution is -2.55. The number of carboxylic acids is 1. The molecule has 0 rings (SSSR count).